The molecular formula is C19H21NO5. The molecular weight excluding hydrogens is 322 g/mol. The molecule has 0 spiro atoms. The molecule has 2 aromatic rings. The van der Waals surface area contributed by atoms with Crippen molar-refractivity contribution >= 4 is 5.91 Å². The molecule has 132 valence electrons. The first-order valence-corrected chi connectivity index (χ1v) is 8.17. The number of benzene rings is 2. The van der Waals surface area contributed by atoms with Gasteiger partial charge in [-0.2, -0.15) is 0 Å². The molecule has 3 rings (SSSR count). The topological polar surface area (TPSA) is 77.0 Å². The van der Waals surface area contributed by atoms with Crippen LogP contribution in [0.25, 0.3) is 0 Å². The predicted molar refractivity (Wildman–Crippen MR) is 92.3 cm³/mol. The van der Waals surface area contributed by atoms with Gasteiger partial charge in [-0.25, -0.2) is 0 Å². The van der Waals surface area contributed by atoms with Crippen LogP contribution >= 0.6 is 0 Å². The molecule has 1 heterocycles. The Morgan fingerprint density at radius 2 is 2.12 bits per heavy atom. The lowest BCUT2D eigenvalue weighted by molar-refractivity contribution is 0.0924. The Hall–Kier alpha value is -2.73. The maximum atomic E-state index is 12.7. The van der Waals surface area contributed by atoms with E-state index in [0.717, 1.165) is 11.3 Å². The van der Waals surface area contributed by atoms with Crippen LogP contribution in [0.5, 0.6) is 17.2 Å². The van der Waals surface area contributed by atoms with Gasteiger partial charge in [-0.05, 0) is 24.3 Å². The molecule has 1 unspecified atom stereocenters. The van der Waals surface area contributed by atoms with Gasteiger partial charge in [0.05, 0.1) is 26.4 Å². The number of aliphatic hydroxyl groups is 1. The summed E-state index contributed by atoms with van der Waals surface area (Å²) in [6.45, 7) is 0.586. The second-order valence-electron chi connectivity index (χ2n) is 5.64. The van der Waals surface area contributed by atoms with Crippen LogP contribution in [0.2, 0.25) is 0 Å². The Morgan fingerprint density at radius 1 is 1.28 bits per heavy atom. The van der Waals surface area contributed by atoms with Crippen LogP contribution in [0.4, 0.5) is 0 Å². The Balaban J connectivity index is 1.78. The Bertz CT molecular complexity index is 746. The van der Waals surface area contributed by atoms with Gasteiger partial charge in [0.25, 0.3) is 5.91 Å². The summed E-state index contributed by atoms with van der Waals surface area (Å²) < 4.78 is 16.3. The summed E-state index contributed by atoms with van der Waals surface area (Å²) in [7, 11) is 1.53. The number of aliphatic hydroxyl groups excluding tert-OH is 1. The number of hydrogen-bond donors (Lipinski definition) is 2. The highest BCUT2D eigenvalue weighted by Gasteiger charge is 2.23. The Morgan fingerprint density at radius 3 is 2.92 bits per heavy atom. The molecule has 6 heteroatoms. The number of carbonyl (C=O) groups is 1. The lowest BCUT2D eigenvalue weighted by atomic mass is 10.00. The number of nitrogens with one attached hydrogen (secondary N) is 1. The van der Waals surface area contributed by atoms with Crippen molar-refractivity contribution in [3.8, 4) is 17.2 Å². The molecule has 0 fully saturated rings. The number of ether oxygens (including phenoxy) is 3. The maximum Gasteiger partial charge on any atom is 0.251 e. The van der Waals surface area contributed by atoms with Crippen molar-refractivity contribution in [3.63, 3.8) is 0 Å². The molecule has 0 radical (unpaired) electrons. The largest absolute Gasteiger partial charge is 0.493 e. The lowest BCUT2D eigenvalue weighted by Gasteiger charge is -2.26. The molecule has 2 aromatic carbocycles. The average molecular weight is 343 g/mol. The third-order valence-corrected chi connectivity index (χ3v) is 4.04. The van der Waals surface area contributed by atoms with Gasteiger partial charge >= 0.3 is 0 Å². The SMILES string of the molecule is COc1ccc(C(=O)NC2CCOc3ccccc32)cc1OCCO. The first-order chi connectivity index (χ1) is 12.2. The van der Waals surface area contributed by atoms with Crippen molar-refractivity contribution in [1.29, 1.82) is 0 Å². The van der Waals surface area contributed by atoms with Crippen LogP contribution in [-0.2, 0) is 0 Å². The molecule has 1 aliphatic rings. The van der Waals surface area contributed by atoms with Gasteiger partial charge < -0.3 is 24.6 Å². The van der Waals surface area contributed by atoms with E-state index in [1.54, 1.807) is 18.2 Å². The first-order valence-electron chi connectivity index (χ1n) is 8.17. The number of amides is 1. The second kappa shape index (κ2) is 7.90. The summed E-state index contributed by atoms with van der Waals surface area (Å²) in [4.78, 5) is 12.7. The van der Waals surface area contributed by atoms with Crippen molar-refractivity contribution in [2.24, 2.45) is 0 Å². The number of methoxy groups -OCH3 is 1. The van der Waals surface area contributed by atoms with Gasteiger partial charge in [0.15, 0.2) is 11.5 Å². The van der Waals surface area contributed by atoms with Gasteiger partial charge in [-0.1, -0.05) is 18.2 Å². The van der Waals surface area contributed by atoms with Crippen LogP contribution < -0.4 is 19.5 Å². The molecule has 0 aliphatic carbocycles. The number of rotatable bonds is 6. The quantitative estimate of drug-likeness (QED) is 0.842. The fourth-order valence-electron chi connectivity index (χ4n) is 2.82. The van der Waals surface area contributed by atoms with Crippen molar-refractivity contribution in [2.45, 2.75) is 12.5 Å². The number of hydrogen-bond acceptors (Lipinski definition) is 5. The number of carbonyl (C=O) groups excluding carboxylic acids is 1. The standard InChI is InChI=1S/C19H21NO5/c1-23-17-7-6-13(12-18(17)25-11-9-21)19(22)20-15-8-10-24-16-5-3-2-4-14(15)16/h2-7,12,15,21H,8-11H2,1H3,(H,20,22). The number of para-hydroxylation sites is 1. The fraction of sp³-hybridized carbons (Fsp3) is 0.316. The zero-order chi connectivity index (χ0) is 17.6. The monoisotopic (exact) mass is 343 g/mol. The van der Waals surface area contributed by atoms with Crippen LogP contribution in [-0.4, -0.2) is 37.9 Å². The normalized spacial score (nSPS) is 15.7. The minimum absolute atomic E-state index is 0.0960. The van der Waals surface area contributed by atoms with Gasteiger partial charge in [0, 0.05) is 17.5 Å². The van der Waals surface area contributed by atoms with E-state index in [2.05, 4.69) is 5.32 Å². The molecule has 0 saturated carbocycles. The summed E-state index contributed by atoms with van der Waals surface area (Å²) in [5, 5.41) is 12.0. The van der Waals surface area contributed by atoms with E-state index < -0.39 is 0 Å². The van der Waals surface area contributed by atoms with Crippen molar-refractivity contribution in [2.75, 3.05) is 26.9 Å². The molecule has 0 aromatic heterocycles. The molecule has 2 N–H and O–H groups in total. The van der Waals surface area contributed by atoms with E-state index in [4.69, 9.17) is 19.3 Å². The summed E-state index contributed by atoms with van der Waals surface area (Å²) in [6.07, 6.45) is 0.715. The fourth-order valence-corrected chi connectivity index (χ4v) is 2.82. The predicted octanol–water partition coefficient (Wildman–Crippen LogP) is 2.32. The van der Waals surface area contributed by atoms with E-state index in [1.807, 2.05) is 24.3 Å². The minimum Gasteiger partial charge on any atom is -0.493 e. The molecule has 0 saturated heterocycles. The van der Waals surface area contributed by atoms with Gasteiger partial charge in [-0.15, -0.1) is 0 Å². The van der Waals surface area contributed by atoms with Crippen LogP contribution in [0.3, 0.4) is 0 Å². The Kier molecular flexibility index (Phi) is 5.40. The van der Waals surface area contributed by atoms with Crippen molar-refractivity contribution < 1.29 is 24.1 Å². The lowest BCUT2D eigenvalue weighted by Crippen LogP contribution is -2.32. The minimum atomic E-state index is -0.196. The van der Waals surface area contributed by atoms with E-state index in [0.29, 0.717) is 30.1 Å². The molecule has 25 heavy (non-hydrogen) atoms. The highest BCUT2D eigenvalue weighted by atomic mass is 16.5. The van der Waals surface area contributed by atoms with Crippen LogP contribution in [0, 0.1) is 0 Å². The van der Waals surface area contributed by atoms with E-state index >= 15 is 0 Å². The first kappa shape index (κ1) is 17.1. The summed E-state index contributed by atoms with van der Waals surface area (Å²) in [5.74, 6) is 1.55. The second-order valence-corrected chi connectivity index (χ2v) is 5.64. The van der Waals surface area contributed by atoms with E-state index in [-0.39, 0.29) is 25.2 Å². The summed E-state index contributed by atoms with van der Waals surface area (Å²) in [5.41, 5.74) is 1.45. The van der Waals surface area contributed by atoms with Crippen molar-refractivity contribution in [1.82, 2.24) is 5.32 Å². The zero-order valence-corrected chi connectivity index (χ0v) is 14.0. The maximum absolute atomic E-state index is 12.7. The Labute approximate surface area is 146 Å². The molecule has 0 bridgehead atoms. The van der Waals surface area contributed by atoms with Crippen molar-refractivity contribution in [3.05, 3.63) is 53.6 Å². The average Bonchev–Trinajstić information content (AvgIpc) is 2.66. The molecule has 1 amide bonds. The van der Waals surface area contributed by atoms with Gasteiger partial charge in [-0.3, -0.25) is 4.79 Å². The summed E-state index contributed by atoms with van der Waals surface area (Å²) >= 11 is 0. The van der Waals surface area contributed by atoms with Gasteiger partial charge in [0.2, 0.25) is 0 Å². The zero-order valence-electron chi connectivity index (χ0n) is 14.0. The molecule has 6 nitrogen and oxygen atoms in total. The molecule has 1 atom stereocenters. The number of fused-ring (bicyclic) bond motifs is 1. The highest BCUT2D eigenvalue weighted by molar-refractivity contribution is 5.95. The van der Waals surface area contributed by atoms with E-state index in [9.17, 15) is 4.79 Å². The highest BCUT2D eigenvalue weighted by Crippen LogP contribution is 2.32. The van der Waals surface area contributed by atoms with Crippen LogP contribution in [0.1, 0.15) is 28.4 Å². The third-order valence-electron chi connectivity index (χ3n) is 4.04. The van der Waals surface area contributed by atoms with Gasteiger partial charge in [0.1, 0.15) is 12.4 Å². The van der Waals surface area contributed by atoms with E-state index in [1.165, 1.54) is 7.11 Å². The smallest absolute Gasteiger partial charge is 0.251 e. The van der Waals surface area contributed by atoms with Crippen LogP contribution in [0.15, 0.2) is 42.5 Å². The molecule has 1 aliphatic heterocycles. The third kappa shape index (κ3) is 3.85. The summed E-state index contributed by atoms with van der Waals surface area (Å²) in [6, 6.07) is 12.6.